The van der Waals surface area contributed by atoms with Gasteiger partial charge in [-0.3, -0.25) is 4.90 Å². The molecule has 0 spiro atoms. The second kappa shape index (κ2) is 5.88. The summed E-state index contributed by atoms with van der Waals surface area (Å²) in [5.74, 6) is -0.295. The summed E-state index contributed by atoms with van der Waals surface area (Å²) in [5, 5.41) is 0. The van der Waals surface area contributed by atoms with Crippen LogP contribution in [0, 0.1) is 0 Å². The molecule has 0 amide bonds. The molecule has 0 bridgehead atoms. The smallest absolute Gasteiger partial charge is 0.334 e. The van der Waals surface area contributed by atoms with E-state index in [0.29, 0.717) is 24.8 Å². The fourth-order valence-corrected chi connectivity index (χ4v) is 1.54. The molecule has 0 radical (unpaired) electrons. The fraction of sp³-hybridized carbons (Fsp3) is 0.727. The Labute approximate surface area is 90.8 Å². The summed E-state index contributed by atoms with van der Waals surface area (Å²) in [7, 11) is 0. The van der Waals surface area contributed by atoms with E-state index < -0.39 is 0 Å². The van der Waals surface area contributed by atoms with Gasteiger partial charge < -0.3 is 9.47 Å². The Morgan fingerprint density at radius 3 is 3.00 bits per heavy atom. The number of morpholine rings is 1. The van der Waals surface area contributed by atoms with Crippen LogP contribution in [0.3, 0.4) is 0 Å². The van der Waals surface area contributed by atoms with Gasteiger partial charge in [-0.1, -0.05) is 6.58 Å². The van der Waals surface area contributed by atoms with Gasteiger partial charge in [-0.25, -0.2) is 4.79 Å². The second-order valence-corrected chi connectivity index (χ2v) is 3.72. The van der Waals surface area contributed by atoms with Crippen molar-refractivity contribution in [1.82, 2.24) is 4.90 Å². The summed E-state index contributed by atoms with van der Waals surface area (Å²) < 4.78 is 10.2. The molecule has 86 valence electrons. The molecule has 1 saturated heterocycles. The van der Waals surface area contributed by atoms with Crippen LogP contribution in [0.15, 0.2) is 12.2 Å². The maximum atomic E-state index is 11.3. The van der Waals surface area contributed by atoms with Crippen molar-refractivity contribution in [3.63, 3.8) is 0 Å². The zero-order chi connectivity index (χ0) is 11.3. The molecule has 4 heteroatoms. The van der Waals surface area contributed by atoms with E-state index in [1.165, 1.54) is 0 Å². The van der Waals surface area contributed by atoms with Gasteiger partial charge in [-0.15, -0.1) is 0 Å². The van der Waals surface area contributed by atoms with Gasteiger partial charge >= 0.3 is 5.97 Å². The van der Waals surface area contributed by atoms with E-state index in [4.69, 9.17) is 9.47 Å². The number of carbonyl (C=O) groups excluding carboxylic acids is 1. The van der Waals surface area contributed by atoms with Gasteiger partial charge in [0.25, 0.3) is 0 Å². The topological polar surface area (TPSA) is 38.8 Å². The third-order valence-corrected chi connectivity index (χ3v) is 2.46. The van der Waals surface area contributed by atoms with Gasteiger partial charge in [0.1, 0.15) is 0 Å². The van der Waals surface area contributed by atoms with Gasteiger partial charge in [0.15, 0.2) is 0 Å². The first-order chi connectivity index (χ1) is 7.15. The van der Waals surface area contributed by atoms with Gasteiger partial charge in [-0.05, 0) is 13.8 Å². The van der Waals surface area contributed by atoms with Crippen molar-refractivity contribution in [3.05, 3.63) is 12.2 Å². The maximum Gasteiger partial charge on any atom is 0.334 e. The minimum atomic E-state index is -0.295. The number of esters is 1. The molecular weight excluding hydrogens is 194 g/mol. The van der Waals surface area contributed by atoms with Crippen LogP contribution >= 0.6 is 0 Å². The molecule has 15 heavy (non-hydrogen) atoms. The average Bonchev–Trinajstić information content (AvgIpc) is 2.21. The third kappa shape index (κ3) is 3.64. The molecule has 1 rings (SSSR count). The standard InChI is InChI=1S/C11H19NO3/c1-4-15-11(13)9(2)7-12-5-6-14-8-10(12)3/h10H,2,4-8H2,1,3H3. The highest BCUT2D eigenvalue weighted by Crippen LogP contribution is 2.09. The van der Waals surface area contributed by atoms with Gasteiger partial charge in [0.2, 0.25) is 0 Å². The molecule has 0 aromatic rings. The van der Waals surface area contributed by atoms with Crippen LogP contribution in [0.4, 0.5) is 0 Å². The van der Waals surface area contributed by atoms with Crippen molar-refractivity contribution >= 4 is 5.97 Å². The summed E-state index contributed by atoms with van der Waals surface area (Å²) in [4.78, 5) is 13.5. The molecule has 0 aromatic carbocycles. The third-order valence-electron chi connectivity index (χ3n) is 2.46. The molecule has 1 aliphatic heterocycles. The summed E-state index contributed by atoms with van der Waals surface area (Å²) in [6, 6.07) is 0.338. The summed E-state index contributed by atoms with van der Waals surface area (Å²) in [5.41, 5.74) is 0.519. The van der Waals surface area contributed by atoms with Crippen molar-refractivity contribution in [2.45, 2.75) is 19.9 Å². The van der Waals surface area contributed by atoms with Crippen molar-refractivity contribution < 1.29 is 14.3 Å². The molecule has 0 aliphatic carbocycles. The first-order valence-electron chi connectivity index (χ1n) is 5.31. The molecular formula is C11H19NO3. The molecule has 1 atom stereocenters. The Morgan fingerprint density at radius 2 is 2.40 bits per heavy atom. The largest absolute Gasteiger partial charge is 0.463 e. The number of nitrogens with zero attached hydrogens (tertiary/aromatic N) is 1. The van der Waals surface area contributed by atoms with E-state index in [9.17, 15) is 4.79 Å². The quantitative estimate of drug-likeness (QED) is 0.512. The lowest BCUT2D eigenvalue weighted by molar-refractivity contribution is -0.139. The normalized spacial score (nSPS) is 22.4. The molecule has 0 saturated carbocycles. The molecule has 1 heterocycles. The van der Waals surface area contributed by atoms with Crippen molar-refractivity contribution in [1.29, 1.82) is 0 Å². The summed E-state index contributed by atoms with van der Waals surface area (Å²) in [6.45, 7) is 10.9. The van der Waals surface area contributed by atoms with E-state index in [-0.39, 0.29) is 5.97 Å². The van der Waals surface area contributed by atoms with Crippen LogP contribution in [0.25, 0.3) is 0 Å². The SMILES string of the molecule is C=C(CN1CCOCC1C)C(=O)OCC. The highest BCUT2D eigenvalue weighted by atomic mass is 16.5. The minimum absolute atomic E-state index is 0.295. The van der Waals surface area contributed by atoms with E-state index >= 15 is 0 Å². The molecule has 1 unspecified atom stereocenters. The van der Waals surface area contributed by atoms with Crippen molar-refractivity contribution in [2.75, 3.05) is 32.9 Å². The molecule has 4 nitrogen and oxygen atoms in total. The zero-order valence-corrected chi connectivity index (χ0v) is 9.49. The van der Waals surface area contributed by atoms with Crippen LogP contribution in [0.5, 0.6) is 0 Å². The number of carbonyl (C=O) groups is 1. The lowest BCUT2D eigenvalue weighted by atomic mass is 10.2. The molecule has 1 aliphatic rings. The Hall–Kier alpha value is -0.870. The van der Waals surface area contributed by atoms with Crippen LogP contribution in [-0.4, -0.2) is 49.8 Å². The summed E-state index contributed by atoms with van der Waals surface area (Å²) in [6.07, 6.45) is 0. The lowest BCUT2D eigenvalue weighted by Gasteiger charge is -2.33. The van der Waals surface area contributed by atoms with E-state index in [2.05, 4.69) is 18.4 Å². The number of hydrogen-bond acceptors (Lipinski definition) is 4. The maximum absolute atomic E-state index is 11.3. The Morgan fingerprint density at radius 1 is 1.67 bits per heavy atom. The first kappa shape index (κ1) is 12.2. The van der Waals surface area contributed by atoms with Gasteiger partial charge in [-0.2, -0.15) is 0 Å². The molecule has 1 fully saturated rings. The van der Waals surface area contributed by atoms with E-state index in [1.54, 1.807) is 6.92 Å². The highest BCUT2D eigenvalue weighted by Gasteiger charge is 2.21. The minimum Gasteiger partial charge on any atom is -0.463 e. The van der Waals surface area contributed by atoms with Gasteiger partial charge in [0.05, 0.1) is 19.8 Å². The fourth-order valence-electron chi connectivity index (χ4n) is 1.54. The zero-order valence-electron chi connectivity index (χ0n) is 9.49. The van der Waals surface area contributed by atoms with E-state index in [0.717, 1.165) is 19.8 Å². The Bertz CT molecular complexity index is 240. The number of hydrogen-bond donors (Lipinski definition) is 0. The number of ether oxygens (including phenoxy) is 2. The first-order valence-corrected chi connectivity index (χ1v) is 5.31. The number of rotatable bonds is 4. The average molecular weight is 213 g/mol. The van der Waals surface area contributed by atoms with Crippen LogP contribution in [0.1, 0.15) is 13.8 Å². The summed E-state index contributed by atoms with van der Waals surface area (Å²) >= 11 is 0. The molecule has 0 N–H and O–H groups in total. The molecule has 0 aromatic heterocycles. The predicted octanol–water partition coefficient (Wildman–Crippen LogP) is 0.826. The van der Waals surface area contributed by atoms with Crippen LogP contribution in [-0.2, 0) is 14.3 Å². The van der Waals surface area contributed by atoms with Crippen LogP contribution < -0.4 is 0 Å². The van der Waals surface area contributed by atoms with E-state index in [1.807, 2.05) is 0 Å². The highest BCUT2D eigenvalue weighted by molar-refractivity contribution is 5.88. The Kier molecular flexibility index (Phi) is 4.78. The van der Waals surface area contributed by atoms with Crippen molar-refractivity contribution in [3.8, 4) is 0 Å². The monoisotopic (exact) mass is 213 g/mol. The van der Waals surface area contributed by atoms with Crippen LogP contribution in [0.2, 0.25) is 0 Å². The lowest BCUT2D eigenvalue weighted by Crippen LogP contribution is -2.45. The Balaban J connectivity index is 2.39. The van der Waals surface area contributed by atoms with Crippen molar-refractivity contribution in [2.24, 2.45) is 0 Å². The second-order valence-electron chi connectivity index (χ2n) is 3.72. The predicted molar refractivity (Wildman–Crippen MR) is 57.6 cm³/mol. The van der Waals surface area contributed by atoms with Gasteiger partial charge in [0, 0.05) is 24.7 Å².